The minimum Gasteiger partial charge on any atom is -0.497 e. The Labute approximate surface area is 216 Å². The minimum atomic E-state index is -1.36. The van der Waals surface area contributed by atoms with Gasteiger partial charge < -0.3 is 29.1 Å². The number of methoxy groups -OCH3 is 1. The highest BCUT2D eigenvalue weighted by Gasteiger charge is 2.72. The lowest BCUT2D eigenvalue weighted by molar-refractivity contribution is -0.155. The summed E-state index contributed by atoms with van der Waals surface area (Å²) >= 11 is 0. The van der Waals surface area contributed by atoms with Crippen molar-refractivity contribution in [3.8, 4) is 5.75 Å². The van der Waals surface area contributed by atoms with Gasteiger partial charge in [0.25, 0.3) is 5.91 Å². The quantitative estimate of drug-likeness (QED) is 0.478. The van der Waals surface area contributed by atoms with Gasteiger partial charge in [0.15, 0.2) is 0 Å². The molecule has 9 heteroatoms. The van der Waals surface area contributed by atoms with E-state index in [4.69, 9.17) is 14.2 Å². The molecular formula is C28H34N2O7. The van der Waals surface area contributed by atoms with Crippen molar-refractivity contribution in [2.24, 2.45) is 11.8 Å². The number of hydrogen-bond donors (Lipinski definition) is 1. The molecule has 2 fully saturated rings. The molecule has 1 N–H and O–H groups in total. The van der Waals surface area contributed by atoms with Crippen LogP contribution in [0, 0.1) is 11.8 Å². The van der Waals surface area contributed by atoms with Crippen molar-refractivity contribution in [1.82, 2.24) is 4.90 Å². The van der Waals surface area contributed by atoms with E-state index < -0.39 is 41.6 Å². The number of nitrogens with zero attached hydrogens (tertiary/aromatic N) is 2. The summed E-state index contributed by atoms with van der Waals surface area (Å²) in [5, 5.41) is 10.2. The third-order valence-electron chi connectivity index (χ3n) is 8.00. The van der Waals surface area contributed by atoms with Gasteiger partial charge in [-0.2, -0.15) is 0 Å². The van der Waals surface area contributed by atoms with Gasteiger partial charge >= 0.3 is 5.97 Å². The standard InChI is InChI=1S/C28H34N2O7/c1-3-18(17-31)30-24-26(33)29(19-10-12-20(35-2)13-11-19)15-8-14-28(24)23(25(30)32)22-21(37-28)9-6-4-5-7-16-36-27(22)34/h6,8-14,18,21-24,31H,3-5,7,15-17H2,1-2H3/b9-6-/t18-,21+,22-,23-,24?,28-/m0/s1. The average Bonchev–Trinajstić information content (AvgIpc) is 3.30. The number of hydrogen-bond acceptors (Lipinski definition) is 7. The van der Waals surface area contributed by atoms with E-state index in [1.807, 2.05) is 25.2 Å². The molecule has 0 aliphatic carbocycles. The second-order valence-electron chi connectivity index (χ2n) is 9.97. The van der Waals surface area contributed by atoms with Crippen molar-refractivity contribution in [3.05, 3.63) is 48.6 Å². The lowest BCUT2D eigenvalue weighted by atomic mass is 9.78. The number of carbonyl (C=O) groups excluding carboxylic acids is 3. The fraction of sp³-hybridized carbons (Fsp3) is 0.536. The number of rotatable bonds is 5. The van der Waals surface area contributed by atoms with Gasteiger partial charge in [0.2, 0.25) is 5.91 Å². The number of fused-ring (bicyclic) bond motifs is 2. The van der Waals surface area contributed by atoms with Gasteiger partial charge in [-0.05, 0) is 49.9 Å². The number of aliphatic hydroxyl groups is 1. The molecule has 9 nitrogen and oxygen atoms in total. The first-order valence-corrected chi connectivity index (χ1v) is 13.0. The molecule has 0 saturated carbocycles. The van der Waals surface area contributed by atoms with Crippen LogP contribution in [0.15, 0.2) is 48.6 Å². The Balaban J connectivity index is 1.61. The predicted octanol–water partition coefficient (Wildman–Crippen LogP) is 2.23. The topological polar surface area (TPSA) is 106 Å². The van der Waals surface area contributed by atoms with Gasteiger partial charge in [-0.25, -0.2) is 0 Å². The van der Waals surface area contributed by atoms with Crippen LogP contribution in [0.2, 0.25) is 0 Å². The van der Waals surface area contributed by atoms with E-state index in [1.165, 1.54) is 4.90 Å². The molecule has 0 radical (unpaired) electrons. The Bertz CT molecular complexity index is 1100. The summed E-state index contributed by atoms with van der Waals surface area (Å²) in [5.41, 5.74) is -0.707. The number of cyclic esters (lactones) is 1. The number of ether oxygens (including phenoxy) is 3. The maximum absolute atomic E-state index is 14.3. The molecule has 0 aromatic heterocycles. The Morgan fingerprint density at radius 1 is 1.14 bits per heavy atom. The third kappa shape index (κ3) is 4.14. The number of esters is 1. The van der Waals surface area contributed by atoms with Crippen LogP contribution in [-0.4, -0.2) is 78.4 Å². The molecule has 2 saturated heterocycles. The van der Waals surface area contributed by atoms with Crippen LogP contribution in [0.4, 0.5) is 5.69 Å². The SMILES string of the molecule is CC[C@@H](CO)N1C(=O)[C@@H]2[C@H]3C(=O)OCCCC/C=C\[C@H]3O[C@@]23C=CCN(c2ccc(OC)cc2)C(=O)C13. The van der Waals surface area contributed by atoms with Crippen LogP contribution in [0.5, 0.6) is 5.75 Å². The molecule has 4 aliphatic rings. The van der Waals surface area contributed by atoms with Crippen LogP contribution in [0.25, 0.3) is 0 Å². The number of anilines is 1. The van der Waals surface area contributed by atoms with E-state index in [1.54, 1.807) is 42.4 Å². The van der Waals surface area contributed by atoms with Crippen molar-refractivity contribution in [1.29, 1.82) is 0 Å². The molecule has 1 unspecified atom stereocenters. The molecule has 5 rings (SSSR count). The van der Waals surface area contributed by atoms with Gasteiger partial charge in [0.1, 0.15) is 23.3 Å². The largest absolute Gasteiger partial charge is 0.497 e. The van der Waals surface area contributed by atoms with Gasteiger partial charge in [-0.15, -0.1) is 0 Å². The van der Waals surface area contributed by atoms with Crippen molar-refractivity contribution in [2.75, 3.05) is 31.8 Å². The van der Waals surface area contributed by atoms with Crippen molar-refractivity contribution < 1.29 is 33.7 Å². The maximum atomic E-state index is 14.3. The van der Waals surface area contributed by atoms with E-state index in [0.717, 1.165) is 19.3 Å². The Morgan fingerprint density at radius 3 is 2.62 bits per heavy atom. The highest BCUT2D eigenvalue weighted by atomic mass is 16.6. The monoisotopic (exact) mass is 510 g/mol. The first kappa shape index (κ1) is 25.5. The Morgan fingerprint density at radius 2 is 1.92 bits per heavy atom. The molecule has 198 valence electrons. The molecular weight excluding hydrogens is 476 g/mol. The normalized spacial score (nSPS) is 33.2. The number of benzene rings is 1. The molecule has 2 amide bonds. The van der Waals surface area contributed by atoms with Gasteiger partial charge in [0.05, 0.1) is 38.4 Å². The minimum absolute atomic E-state index is 0.271. The first-order valence-electron chi connectivity index (χ1n) is 13.0. The summed E-state index contributed by atoms with van der Waals surface area (Å²) in [6.07, 6.45) is 9.64. The highest BCUT2D eigenvalue weighted by Crippen LogP contribution is 2.54. The van der Waals surface area contributed by atoms with Gasteiger partial charge in [-0.3, -0.25) is 14.4 Å². The van der Waals surface area contributed by atoms with Gasteiger partial charge in [0, 0.05) is 12.2 Å². The van der Waals surface area contributed by atoms with Crippen LogP contribution >= 0.6 is 0 Å². The van der Waals surface area contributed by atoms with E-state index in [0.29, 0.717) is 17.9 Å². The average molecular weight is 511 g/mol. The molecule has 6 atom stereocenters. The van der Waals surface area contributed by atoms with E-state index in [2.05, 4.69) is 0 Å². The number of aliphatic hydroxyl groups excluding tert-OH is 1. The van der Waals surface area contributed by atoms with Gasteiger partial charge in [-0.1, -0.05) is 31.2 Å². The smallest absolute Gasteiger partial charge is 0.312 e. The summed E-state index contributed by atoms with van der Waals surface area (Å²) in [6.45, 7) is 2.11. The lowest BCUT2D eigenvalue weighted by Gasteiger charge is -2.38. The number of likely N-dealkylation sites (tertiary alicyclic amines) is 1. The second-order valence-corrected chi connectivity index (χ2v) is 9.97. The lowest BCUT2D eigenvalue weighted by Crippen LogP contribution is -2.58. The van der Waals surface area contributed by atoms with E-state index in [-0.39, 0.29) is 31.6 Å². The fourth-order valence-corrected chi connectivity index (χ4v) is 6.16. The number of amides is 2. The second kappa shape index (κ2) is 10.3. The number of allylic oxidation sites excluding steroid dienone is 1. The molecule has 4 heterocycles. The maximum Gasteiger partial charge on any atom is 0.312 e. The van der Waals surface area contributed by atoms with Crippen molar-refractivity contribution in [2.45, 2.75) is 56.4 Å². The zero-order chi connectivity index (χ0) is 26.2. The molecule has 1 spiro atoms. The first-order chi connectivity index (χ1) is 18.0. The summed E-state index contributed by atoms with van der Waals surface area (Å²) in [4.78, 5) is 44.8. The van der Waals surface area contributed by atoms with Crippen LogP contribution < -0.4 is 9.64 Å². The van der Waals surface area contributed by atoms with Crippen molar-refractivity contribution in [3.63, 3.8) is 0 Å². The van der Waals surface area contributed by atoms with Crippen LogP contribution in [0.3, 0.4) is 0 Å². The molecule has 37 heavy (non-hydrogen) atoms. The Hall–Kier alpha value is -3.17. The molecule has 4 aliphatic heterocycles. The molecule has 0 bridgehead atoms. The fourth-order valence-electron chi connectivity index (χ4n) is 6.16. The van der Waals surface area contributed by atoms with Crippen LogP contribution in [0.1, 0.15) is 32.6 Å². The van der Waals surface area contributed by atoms with E-state index in [9.17, 15) is 19.5 Å². The zero-order valence-corrected chi connectivity index (χ0v) is 21.2. The Kier molecular flexibility index (Phi) is 7.09. The van der Waals surface area contributed by atoms with E-state index >= 15 is 0 Å². The van der Waals surface area contributed by atoms with Crippen LogP contribution in [-0.2, 0) is 23.9 Å². The summed E-state index contributed by atoms with van der Waals surface area (Å²) in [6, 6.07) is 5.50. The molecule has 1 aromatic rings. The third-order valence-corrected chi connectivity index (χ3v) is 8.00. The summed E-state index contributed by atoms with van der Waals surface area (Å²) in [5.74, 6) is -2.32. The summed E-state index contributed by atoms with van der Waals surface area (Å²) in [7, 11) is 1.57. The van der Waals surface area contributed by atoms with Crippen molar-refractivity contribution >= 4 is 23.5 Å². The molecule has 1 aromatic carbocycles. The zero-order valence-electron chi connectivity index (χ0n) is 21.2. The highest BCUT2D eigenvalue weighted by molar-refractivity contribution is 6.05. The summed E-state index contributed by atoms with van der Waals surface area (Å²) < 4.78 is 17.4. The predicted molar refractivity (Wildman–Crippen MR) is 135 cm³/mol. The number of carbonyl (C=O) groups is 3.